The Morgan fingerprint density at radius 3 is 2.26 bits per heavy atom. The normalized spacial score (nSPS) is 11.7. The molecule has 0 aliphatic carbocycles. The number of anilines is 1. The van der Waals surface area contributed by atoms with Gasteiger partial charge in [0.05, 0.1) is 18.7 Å². The molecule has 0 amide bonds. The summed E-state index contributed by atoms with van der Waals surface area (Å²) in [5.41, 5.74) is -0.981. The molecule has 2 aromatic carbocycles. The third-order valence-corrected chi connectivity index (χ3v) is 3.81. The fourth-order valence-corrected chi connectivity index (χ4v) is 2.71. The number of benzene rings is 2. The molecule has 0 aromatic heterocycles. The van der Waals surface area contributed by atoms with Crippen LogP contribution < -0.4 is 9.64 Å². The Balaban J connectivity index is 2.24. The van der Waals surface area contributed by atoms with Gasteiger partial charge in [-0.25, -0.2) is 4.85 Å². The molecule has 3 nitrogen and oxygen atoms in total. The largest absolute Gasteiger partial charge is 0.492 e. The van der Waals surface area contributed by atoms with Crippen LogP contribution in [0.4, 0.5) is 24.5 Å². The van der Waals surface area contributed by atoms with Gasteiger partial charge >= 0.3 is 6.18 Å². The highest BCUT2D eigenvalue weighted by Crippen LogP contribution is 2.39. The molecule has 0 heterocycles. The van der Waals surface area contributed by atoms with E-state index < -0.39 is 11.7 Å². The Morgan fingerprint density at radius 1 is 1.04 bits per heavy atom. The van der Waals surface area contributed by atoms with E-state index in [9.17, 15) is 13.2 Å². The van der Waals surface area contributed by atoms with Gasteiger partial charge in [-0.15, -0.1) is 0 Å². The lowest BCUT2D eigenvalue weighted by Gasteiger charge is -2.32. The van der Waals surface area contributed by atoms with Gasteiger partial charge < -0.3 is 9.64 Å². The molecule has 144 valence electrons. The van der Waals surface area contributed by atoms with Gasteiger partial charge in [0.15, 0.2) is 5.69 Å². The molecular formula is C21H23F3N2O. The molecule has 0 aliphatic rings. The minimum absolute atomic E-state index is 0.121. The second kappa shape index (κ2) is 8.34. The first-order valence-corrected chi connectivity index (χ1v) is 8.62. The molecule has 0 spiro atoms. The Morgan fingerprint density at radius 2 is 1.70 bits per heavy atom. The van der Waals surface area contributed by atoms with Crippen LogP contribution in [0.5, 0.6) is 5.75 Å². The molecule has 6 heteroatoms. The average Bonchev–Trinajstić information content (AvgIpc) is 2.59. The van der Waals surface area contributed by atoms with Crippen molar-refractivity contribution in [1.29, 1.82) is 0 Å². The first kappa shape index (κ1) is 20.6. The van der Waals surface area contributed by atoms with E-state index in [0.29, 0.717) is 31.1 Å². The molecule has 0 saturated heterocycles. The fourth-order valence-electron chi connectivity index (χ4n) is 2.71. The van der Waals surface area contributed by atoms with Crippen molar-refractivity contribution < 1.29 is 17.9 Å². The van der Waals surface area contributed by atoms with Crippen LogP contribution >= 0.6 is 0 Å². The van der Waals surface area contributed by atoms with E-state index in [1.807, 2.05) is 56.0 Å². The zero-order chi connectivity index (χ0) is 20.1. The maximum absolute atomic E-state index is 13.3. The Bertz CT molecular complexity index is 790. The summed E-state index contributed by atoms with van der Waals surface area (Å²) in [5.74, 6) is 0.715. The van der Waals surface area contributed by atoms with Crippen LogP contribution in [0.2, 0.25) is 0 Å². The maximum atomic E-state index is 13.3. The number of nitrogens with zero attached hydrogens (tertiary/aromatic N) is 2. The third kappa shape index (κ3) is 6.21. The average molecular weight is 376 g/mol. The van der Waals surface area contributed by atoms with Crippen molar-refractivity contribution in [3.63, 3.8) is 0 Å². The molecule has 0 saturated carbocycles. The molecule has 0 radical (unpaired) electrons. The third-order valence-electron chi connectivity index (χ3n) is 3.81. The molecule has 0 atom stereocenters. The minimum atomic E-state index is -4.57. The number of alkyl halides is 3. The van der Waals surface area contributed by atoms with E-state index in [4.69, 9.17) is 11.3 Å². The molecule has 0 N–H and O–H groups in total. The van der Waals surface area contributed by atoms with Crippen molar-refractivity contribution in [1.82, 2.24) is 0 Å². The summed E-state index contributed by atoms with van der Waals surface area (Å²) in [6.07, 6.45) is -4.57. The van der Waals surface area contributed by atoms with Gasteiger partial charge in [-0.05, 0) is 29.7 Å². The van der Waals surface area contributed by atoms with Crippen LogP contribution in [-0.2, 0) is 6.18 Å². The van der Waals surface area contributed by atoms with Crippen molar-refractivity contribution in [2.24, 2.45) is 5.41 Å². The molecule has 0 bridgehead atoms. The smallest absolute Gasteiger partial charge is 0.407 e. The maximum Gasteiger partial charge on any atom is 0.407 e. The molecule has 0 fully saturated rings. The van der Waals surface area contributed by atoms with Crippen molar-refractivity contribution in [3.8, 4) is 5.75 Å². The Labute approximate surface area is 158 Å². The molecule has 0 aliphatic heterocycles. The van der Waals surface area contributed by atoms with Gasteiger partial charge in [-0.3, -0.25) is 0 Å². The molecule has 27 heavy (non-hydrogen) atoms. The first-order chi connectivity index (χ1) is 12.6. The monoisotopic (exact) mass is 376 g/mol. The van der Waals surface area contributed by atoms with E-state index in [0.717, 1.165) is 6.07 Å². The predicted molar refractivity (Wildman–Crippen MR) is 101 cm³/mol. The summed E-state index contributed by atoms with van der Waals surface area (Å²) >= 11 is 0. The summed E-state index contributed by atoms with van der Waals surface area (Å²) in [5, 5.41) is 0. The van der Waals surface area contributed by atoms with Crippen molar-refractivity contribution in [2.45, 2.75) is 26.9 Å². The summed E-state index contributed by atoms with van der Waals surface area (Å²) in [4.78, 5) is 4.87. The van der Waals surface area contributed by atoms with E-state index in [2.05, 4.69) is 4.85 Å². The van der Waals surface area contributed by atoms with Crippen LogP contribution in [-0.4, -0.2) is 19.7 Å². The van der Waals surface area contributed by atoms with Crippen molar-refractivity contribution in [3.05, 3.63) is 65.5 Å². The van der Waals surface area contributed by atoms with Crippen molar-refractivity contribution in [2.75, 3.05) is 24.6 Å². The molecule has 2 aromatic rings. The van der Waals surface area contributed by atoms with Gasteiger partial charge in [0.1, 0.15) is 12.4 Å². The highest BCUT2D eigenvalue weighted by molar-refractivity contribution is 5.62. The SMILES string of the molecule is [C-]#[N+]c1ccc(N(CCOc2ccccc2)CC(C)(C)C)cc1C(F)(F)F. The number of halogens is 3. The second-order valence-corrected chi connectivity index (χ2v) is 7.45. The van der Waals surface area contributed by atoms with E-state index in [1.165, 1.54) is 6.07 Å². The summed E-state index contributed by atoms with van der Waals surface area (Å²) in [7, 11) is 0. The number of ether oxygens (including phenoxy) is 1. The zero-order valence-corrected chi connectivity index (χ0v) is 15.7. The van der Waals surface area contributed by atoms with Crippen LogP contribution in [0.1, 0.15) is 26.3 Å². The Kier molecular flexibility index (Phi) is 6.37. The standard InChI is InChI=1S/C21H23F3N2O/c1-20(2,3)15-26(12-13-27-17-8-6-5-7-9-17)16-10-11-19(25-4)18(14-16)21(22,23)24/h5-11,14H,12-13,15H2,1-3H3. The number of rotatable bonds is 6. The number of hydrogen-bond acceptors (Lipinski definition) is 2. The summed E-state index contributed by atoms with van der Waals surface area (Å²) in [6, 6.07) is 13.1. The molecule has 0 unspecified atom stereocenters. The highest BCUT2D eigenvalue weighted by atomic mass is 19.4. The topological polar surface area (TPSA) is 16.8 Å². The van der Waals surface area contributed by atoms with Gasteiger partial charge in [0.2, 0.25) is 0 Å². The summed E-state index contributed by atoms with van der Waals surface area (Å²) < 4.78 is 45.6. The lowest BCUT2D eigenvalue weighted by atomic mass is 9.95. The minimum Gasteiger partial charge on any atom is -0.492 e. The van der Waals surface area contributed by atoms with Crippen LogP contribution in [0.3, 0.4) is 0 Å². The lowest BCUT2D eigenvalue weighted by Crippen LogP contribution is -2.36. The van der Waals surface area contributed by atoms with E-state index >= 15 is 0 Å². The number of para-hydroxylation sites is 1. The zero-order valence-electron chi connectivity index (χ0n) is 15.7. The van der Waals surface area contributed by atoms with Crippen LogP contribution in [0.15, 0.2) is 48.5 Å². The predicted octanol–water partition coefficient (Wildman–Crippen LogP) is 6.19. The molecule has 2 rings (SSSR count). The lowest BCUT2D eigenvalue weighted by molar-refractivity contribution is -0.136. The fraction of sp³-hybridized carbons (Fsp3) is 0.381. The van der Waals surface area contributed by atoms with Crippen molar-refractivity contribution >= 4 is 11.4 Å². The van der Waals surface area contributed by atoms with Crippen LogP contribution in [0.25, 0.3) is 4.85 Å². The Hall–Kier alpha value is -2.68. The number of hydrogen-bond donors (Lipinski definition) is 0. The van der Waals surface area contributed by atoms with Gasteiger partial charge in [0, 0.05) is 12.2 Å². The van der Waals surface area contributed by atoms with E-state index in [1.54, 1.807) is 6.07 Å². The van der Waals surface area contributed by atoms with Gasteiger partial charge in [-0.2, -0.15) is 13.2 Å². The molecular weight excluding hydrogens is 353 g/mol. The quantitative estimate of drug-likeness (QED) is 0.559. The highest BCUT2D eigenvalue weighted by Gasteiger charge is 2.34. The van der Waals surface area contributed by atoms with E-state index in [-0.39, 0.29) is 11.1 Å². The van der Waals surface area contributed by atoms with Gasteiger partial charge in [-0.1, -0.05) is 45.0 Å². The van der Waals surface area contributed by atoms with Gasteiger partial charge in [0.25, 0.3) is 0 Å². The first-order valence-electron chi connectivity index (χ1n) is 8.62. The summed E-state index contributed by atoms with van der Waals surface area (Å²) in [6.45, 7) is 14.4. The second-order valence-electron chi connectivity index (χ2n) is 7.45. The van der Waals surface area contributed by atoms with Crippen LogP contribution in [0, 0.1) is 12.0 Å².